The smallest absolute Gasteiger partial charge is 0.115 e. The topological polar surface area (TPSA) is 52.5 Å². The molecule has 0 saturated heterocycles. The zero-order valence-corrected chi connectivity index (χ0v) is 11.0. The molecule has 0 radical (unpaired) electrons. The number of aromatic hydroxyl groups is 1. The standard InChI is InChI=1S/C16H19NO2/c1-2-17-14-8-6-13(7-9-14)16(19)11-12-4-3-5-15(18)10-12/h3-10,16-19H,2,11H2,1H3. The van der Waals surface area contributed by atoms with Gasteiger partial charge < -0.3 is 15.5 Å². The fourth-order valence-electron chi connectivity index (χ4n) is 2.05. The Bertz CT molecular complexity index is 523. The van der Waals surface area contributed by atoms with E-state index in [0.29, 0.717) is 6.42 Å². The highest BCUT2D eigenvalue weighted by atomic mass is 16.3. The molecule has 0 aromatic heterocycles. The highest BCUT2D eigenvalue weighted by molar-refractivity contribution is 5.45. The zero-order chi connectivity index (χ0) is 13.7. The number of aliphatic hydroxyl groups excluding tert-OH is 1. The number of phenols is 1. The van der Waals surface area contributed by atoms with Crippen LogP contribution in [0.3, 0.4) is 0 Å². The highest BCUT2D eigenvalue weighted by Crippen LogP contribution is 2.22. The maximum absolute atomic E-state index is 10.2. The van der Waals surface area contributed by atoms with Crippen LogP contribution >= 0.6 is 0 Å². The lowest BCUT2D eigenvalue weighted by molar-refractivity contribution is 0.178. The fourth-order valence-corrected chi connectivity index (χ4v) is 2.05. The molecule has 0 bridgehead atoms. The predicted octanol–water partition coefficient (Wildman–Crippen LogP) is 3.10. The third-order valence-corrected chi connectivity index (χ3v) is 3.02. The minimum absolute atomic E-state index is 0.229. The van der Waals surface area contributed by atoms with Gasteiger partial charge in [0.1, 0.15) is 5.75 Å². The van der Waals surface area contributed by atoms with E-state index in [0.717, 1.165) is 23.4 Å². The maximum atomic E-state index is 10.2. The number of phenolic OH excluding ortho intramolecular Hbond substituents is 1. The molecule has 0 spiro atoms. The number of rotatable bonds is 5. The average molecular weight is 257 g/mol. The highest BCUT2D eigenvalue weighted by Gasteiger charge is 2.08. The molecule has 19 heavy (non-hydrogen) atoms. The first-order valence-electron chi connectivity index (χ1n) is 6.49. The zero-order valence-electron chi connectivity index (χ0n) is 11.0. The van der Waals surface area contributed by atoms with Gasteiger partial charge in [0.25, 0.3) is 0 Å². The van der Waals surface area contributed by atoms with Crippen LogP contribution in [0.1, 0.15) is 24.2 Å². The summed E-state index contributed by atoms with van der Waals surface area (Å²) in [7, 11) is 0. The first-order chi connectivity index (χ1) is 9.19. The van der Waals surface area contributed by atoms with Crippen molar-refractivity contribution in [1.82, 2.24) is 0 Å². The van der Waals surface area contributed by atoms with E-state index in [-0.39, 0.29) is 5.75 Å². The summed E-state index contributed by atoms with van der Waals surface area (Å²) in [5.74, 6) is 0.229. The van der Waals surface area contributed by atoms with Gasteiger partial charge in [-0.25, -0.2) is 0 Å². The van der Waals surface area contributed by atoms with Crippen molar-refractivity contribution in [1.29, 1.82) is 0 Å². The summed E-state index contributed by atoms with van der Waals surface area (Å²) in [6.07, 6.45) is -0.0629. The molecule has 2 rings (SSSR count). The molecular formula is C16H19NO2. The maximum Gasteiger partial charge on any atom is 0.115 e. The molecule has 3 heteroatoms. The molecule has 0 aliphatic carbocycles. The molecule has 0 amide bonds. The van der Waals surface area contributed by atoms with Gasteiger partial charge in [0.05, 0.1) is 6.10 Å². The van der Waals surface area contributed by atoms with Gasteiger partial charge >= 0.3 is 0 Å². The second-order valence-corrected chi connectivity index (χ2v) is 4.54. The van der Waals surface area contributed by atoms with Gasteiger partial charge in [0.15, 0.2) is 0 Å². The van der Waals surface area contributed by atoms with E-state index in [1.807, 2.05) is 37.3 Å². The van der Waals surface area contributed by atoms with Crippen LogP contribution in [-0.4, -0.2) is 16.8 Å². The predicted molar refractivity (Wildman–Crippen MR) is 77.4 cm³/mol. The summed E-state index contributed by atoms with van der Waals surface area (Å²) < 4.78 is 0. The van der Waals surface area contributed by atoms with Crippen molar-refractivity contribution < 1.29 is 10.2 Å². The number of aliphatic hydroxyl groups is 1. The van der Waals surface area contributed by atoms with Crippen LogP contribution in [0.4, 0.5) is 5.69 Å². The molecule has 2 aromatic rings. The number of benzene rings is 2. The third-order valence-electron chi connectivity index (χ3n) is 3.02. The minimum atomic E-state index is -0.558. The molecular weight excluding hydrogens is 238 g/mol. The summed E-state index contributed by atoms with van der Waals surface area (Å²) >= 11 is 0. The van der Waals surface area contributed by atoms with Crippen LogP contribution in [0.15, 0.2) is 48.5 Å². The molecule has 0 aliphatic rings. The molecule has 0 heterocycles. The van der Waals surface area contributed by atoms with Crippen molar-refractivity contribution in [2.45, 2.75) is 19.4 Å². The third kappa shape index (κ3) is 3.73. The molecule has 0 aliphatic heterocycles. The van der Waals surface area contributed by atoms with Crippen LogP contribution in [0, 0.1) is 0 Å². The summed E-state index contributed by atoms with van der Waals surface area (Å²) in [6, 6.07) is 14.8. The van der Waals surface area contributed by atoms with Crippen LogP contribution < -0.4 is 5.32 Å². The second kappa shape index (κ2) is 6.25. The summed E-state index contributed by atoms with van der Waals surface area (Å²) in [4.78, 5) is 0. The Morgan fingerprint density at radius 1 is 1.11 bits per heavy atom. The van der Waals surface area contributed by atoms with Crippen LogP contribution in [0.25, 0.3) is 0 Å². The monoisotopic (exact) mass is 257 g/mol. The summed E-state index contributed by atoms with van der Waals surface area (Å²) in [5.41, 5.74) is 2.85. The normalized spacial score (nSPS) is 12.1. The Morgan fingerprint density at radius 3 is 2.47 bits per heavy atom. The van der Waals surface area contributed by atoms with Crippen molar-refractivity contribution >= 4 is 5.69 Å². The quantitative estimate of drug-likeness (QED) is 0.771. The molecule has 3 N–H and O–H groups in total. The Balaban J connectivity index is 2.05. The van der Waals surface area contributed by atoms with E-state index in [1.165, 1.54) is 0 Å². The van der Waals surface area contributed by atoms with Gasteiger partial charge in [-0.2, -0.15) is 0 Å². The van der Waals surface area contributed by atoms with E-state index in [1.54, 1.807) is 18.2 Å². The lowest BCUT2D eigenvalue weighted by atomic mass is 10.0. The van der Waals surface area contributed by atoms with E-state index >= 15 is 0 Å². The summed E-state index contributed by atoms with van der Waals surface area (Å²) in [5, 5.41) is 22.8. The molecule has 0 saturated carbocycles. The van der Waals surface area contributed by atoms with Crippen molar-refractivity contribution in [3.8, 4) is 5.75 Å². The number of nitrogens with one attached hydrogen (secondary N) is 1. The molecule has 100 valence electrons. The Hall–Kier alpha value is -2.00. The Kier molecular flexibility index (Phi) is 4.42. The van der Waals surface area contributed by atoms with E-state index in [4.69, 9.17) is 0 Å². The molecule has 0 fully saturated rings. The van der Waals surface area contributed by atoms with Crippen molar-refractivity contribution in [2.24, 2.45) is 0 Å². The van der Waals surface area contributed by atoms with Crippen molar-refractivity contribution in [2.75, 3.05) is 11.9 Å². The molecule has 3 nitrogen and oxygen atoms in total. The van der Waals surface area contributed by atoms with Crippen LogP contribution in [0.5, 0.6) is 5.75 Å². The Labute approximate surface area is 113 Å². The van der Waals surface area contributed by atoms with E-state index in [9.17, 15) is 10.2 Å². The van der Waals surface area contributed by atoms with Crippen LogP contribution in [0.2, 0.25) is 0 Å². The minimum Gasteiger partial charge on any atom is -0.508 e. The van der Waals surface area contributed by atoms with Gasteiger partial charge in [-0.1, -0.05) is 24.3 Å². The first-order valence-corrected chi connectivity index (χ1v) is 6.49. The average Bonchev–Trinajstić information content (AvgIpc) is 2.40. The van der Waals surface area contributed by atoms with E-state index in [2.05, 4.69) is 5.32 Å². The largest absolute Gasteiger partial charge is 0.508 e. The number of hydrogen-bond donors (Lipinski definition) is 3. The molecule has 1 atom stereocenters. The van der Waals surface area contributed by atoms with Crippen molar-refractivity contribution in [3.05, 3.63) is 59.7 Å². The number of hydrogen-bond acceptors (Lipinski definition) is 3. The van der Waals surface area contributed by atoms with Gasteiger partial charge in [0, 0.05) is 18.7 Å². The van der Waals surface area contributed by atoms with Gasteiger partial charge in [-0.15, -0.1) is 0 Å². The first kappa shape index (κ1) is 13.4. The second-order valence-electron chi connectivity index (χ2n) is 4.54. The lowest BCUT2D eigenvalue weighted by Crippen LogP contribution is -2.02. The van der Waals surface area contributed by atoms with Gasteiger partial charge in [-0.3, -0.25) is 0 Å². The molecule has 2 aromatic carbocycles. The Morgan fingerprint density at radius 2 is 1.84 bits per heavy atom. The molecule has 1 unspecified atom stereocenters. The van der Waals surface area contributed by atoms with Crippen molar-refractivity contribution in [3.63, 3.8) is 0 Å². The fraction of sp³-hybridized carbons (Fsp3) is 0.250. The van der Waals surface area contributed by atoms with Crippen LogP contribution in [-0.2, 0) is 6.42 Å². The van der Waals surface area contributed by atoms with Gasteiger partial charge in [-0.05, 0) is 42.3 Å². The van der Waals surface area contributed by atoms with Gasteiger partial charge in [0.2, 0.25) is 0 Å². The number of anilines is 1. The van der Waals surface area contributed by atoms with E-state index < -0.39 is 6.10 Å². The lowest BCUT2D eigenvalue weighted by Gasteiger charge is -2.12. The summed E-state index contributed by atoms with van der Waals surface area (Å²) in [6.45, 7) is 2.93. The SMILES string of the molecule is CCNc1ccc(C(O)Cc2cccc(O)c2)cc1.